The third kappa shape index (κ3) is 2.54. The van der Waals surface area contributed by atoms with Crippen molar-refractivity contribution in [3.63, 3.8) is 0 Å². The fourth-order valence-electron chi connectivity index (χ4n) is 2.24. The van der Waals surface area contributed by atoms with Crippen LogP contribution >= 0.6 is 11.6 Å². The molecule has 0 aliphatic rings. The van der Waals surface area contributed by atoms with Gasteiger partial charge in [-0.05, 0) is 30.5 Å². The van der Waals surface area contributed by atoms with Gasteiger partial charge >= 0.3 is 0 Å². The Hall–Kier alpha value is -1.02. The number of halogens is 1. The summed E-state index contributed by atoms with van der Waals surface area (Å²) in [5, 5.41) is 0.757. The average molecular weight is 265 g/mol. The van der Waals surface area contributed by atoms with E-state index < -0.39 is 0 Å². The maximum atomic E-state index is 6.05. The minimum Gasteiger partial charge on any atom is -0.328 e. The molecule has 18 heavy (non-hydrogen) atoms. The van der Waals surface area contributed by atoms with Crippen LogP contribution in [0, 0.1) is 5.92 Å². The number of benzene rings is 1. The second kappa shape index (κ2) is 5.31. The molecule has 0 saturated heterocycles. The minimum absolute atomic E-state index is 0.481. The molecule has 1 heterocycles. The van der Waals surface area contributed by atoms with Crippen molar-refractivity contribution in [3.05, 3.63) is 29.0 Å². The van der Waals surface area contributed by atoms with Crippen LogP contribution in [0.15, 0.2) is 18.2 Å². The molecule has 0 radical (unpaired) electrons. The number of nitrogens with zero attached hydrogens (tertiary/aromatic N) is 2. The van der Waals surface area contributed by atoms with Crippen LogP contribution in [0.1, 0.15) is 45.9 Å². The maximum absolute atomic E-state index is 6.05. The molecule has 3 heteroatoms. The molecular weight excluding hydrogens is 244 g/mol. The van der Waals surface area contributed by atoms with E-state index in [1.165, 1.54) is 11.3 Å². The van der Waals surface area contributed by atoms with Crippen LogP contribution in [0.5, 0.6) is 0 Å². The predicted octanol–water partition coefficient (Wildman–Crippen LogP) is 4.86. The van der Waals surface area contributed by atoms with E-state index in [2.05, 4.69) is 38.3 Å². The van der Waals surface area contributed by atoms with Gasteiger partial charge in [0.15, 0.2) is 0 Å². The summed E-state index contributed by atoms with van der Waals surface area (Å²) in [6.45, 7) is 9.93. The molecule has 0 N–H and O–H groups in total. The molecule has 0 spiro atoms. The molecule has 2 rings (SSSR count). The number of fused-ring (bicyclic) bond motifs is 1. The molecule has 1 unspecified atom stereocenters. The number of hydrogen-bond acceptors (Lipinski definition) is 1. The van der Waals surface area contributed by atoms with Gasteiger partial charge in [0.05, 0.1) is 11.0 Å². The third-order valence-corrected chi connectivity index (χ3v) is 3.58. The first-order chi connectivity index (χ1) is 8.52. The van der Waals surface area contributed by atoms with Crippen molar-refractivity contribution >= 4 is 22.6 Å². The number of aromatic nitrogens is 2. The molecule has 1 atom stereocenters. The highest BCUT2D eigenvalue weighted by Crippen LogP contribution is 2.26. The van der Waals surface area contributed by atoms with Crippen LogP contribution in [0.4, 0.5) is 0 Å². The van der Waals surface area contributed by atoms with E-state index in [1.54, 1.807) is 0 Å². The first-order valence-electron chi connectivity index (χ1n) is 6.68. The lowest BCUT2D eigenvalue weighted by Gasteiger charge is -2.15. The van der Waals surface area contributed by atoms with Crippen molar-refractivity contribution in [2.45, 2.75) is 46.6 Å². The van der Waals surface area contributed by atoms with Crippen molar-refractivity contribution in [3.8, 4) is 0 Å². The van der Waals surface area contributed by atoms with Crippen LogP contribution in [0.3, 0.4) is 0 Å². The van der Waals surface area contributed by atoms with Crippen molar-refractivity contribution < 1.29 is 0 Å². The summed E-state index contributed by atoms with van der Waals surface area (Å²) in [6.07, 6.45) is 1.11. The van der Waals surface area contributed by atoms with Gasteiger partial charge in [0, 0.05) is 17.5 Å². The molecule has 2 nitrogen and oxygen atoms in total. The molecule has 98 valence electrons. The zero-order valence-corrected chi connectivity index (χ0v) is 12.3. The lowest BCUT2D eigenvalue weighted by Crippen LogP contribution is -2.10. The highest BCUT2D eigenvalue weighted by molar-refractivity contribution is 6.31. The van der Waals surface area contributed by atoms with Gasteiger partial charge in [-0.2, -0.15) is 0 Å². The van der Waals surface area contributed by atoms with E-state index in [4.69, 9.17) is 16.6 Å². The van der Waals surface area contributed by atoms with Gasteiger partial charge in [-0.25, -0.2) is 4.98 Å². The molecule has 0 aliphatic carbocycles. The summed E-state index contributed by atoms with van der Waals surface area (Å²) >= 11 is 6.05. The zero-order valence-electron chi connectivity index (χ0n) is 11.6. The highest BCUT2D eigenvalue weighted by atomic mass is 35.5. The van der Waals surface area contributed by atoms with E-state index in [0.717, 1.165) is 23.5 Å². The molecule has 0 fully saturated rings. The summed E-state index contributed by atoms with van der Waals surface area (Å²) in [5.41, 5.74) is 2.21. The van der Waals surface area contributed by atoms with Crippen LogP contribution in [-0.2, 0) is 6.54 Å². The Bertz CT molecular complexity index is 543. The van der Waals surface area contributed by atoms with E-state index in [9.17, 15) is 0 Å². The van der Waals surface area contributed by atoms with E-state index in [-0.39, 0.29) is 0 Å². The normalized spacial score (nSPS) is 13.4. The Morgan fingerprint density at radius 1 is 1.28 bits per heavy atom. The van der Waals surface area contributed by atoms with Gasteiger partial charge < -0.3 is 4.57 Å². The molecule has 1 aromatic carbocycles. The number of imidazole rings is 1. The molecule has 0 bridgehead atoms. The number of rotatable bonds is 4. The Balaban J connectivity index is 2.60. The molecule has 0 saturated carbocycles. The third-order valence-electron chi connectivity index (χ3n) is 3.34. The summed E-state index contributed by atoms with van der Waals surface area (Å²) in [7, 11) is 0. The van der Waals surface area contributed by atoms with Gasteiger partial charge in [-0.3, -0.25) is 0 Å². The summed E-state index contributed by atoms with van der Waals surface area (Å²) < 4.78 is 2.35. The van der Waals surface area contributed by atoms with E-state index >= 15 is 0 Å². The fraction of sp³-hybridized carbons (Fsp3) is 0.533. The van der Waals surface area contributed by atoms with Crippen molar-refractivity contribution in [2.75, 3.05) is 0 Å². The van der Waals surface area contributed by atoms with Crippen molar-refractivity contribution in [1.29, 1.82) is 0 Å². The second-order valence-electron chi connectivity index (χ2n) is 5.42. The first kappa shape index (κ1) is 13.4. The molecule has 0 amide bonds. The Kier molecular flexibility index (Phi) is 3.96. The van der Waals surface area contributed by atoms with Crippen LogP contribution in [-0.4, -0.2) is 9.55 Å². The SMILES string of the molecule is CCC(C)c1nc2cc(Cl)ccc2n1CC(C)C. The lowest BCUT2D eigenvalue weighted by atomic mass is 10.1. The summed E-state index contributed by atoms with van der Waals surface area (Å²) in [5.74, 6) is 2.28. The quantitative estimate of drug-likeness (QED) is 0.771. The molecule has 0 aliphatic heterocycles. The Morgan fingerprint density at radius 3 is 2.61 bits per heavy atom. The Labute approximate surface area is 114 Å². The van der Waals surface area contributed by atoms with E-state index in [1.807, 2.05) is 12.1 Å². The van der Waals surface area contributed by atoms with Crippen molar-refractivity contribution in [2.24, 2.45) is 5.92 Å². The van der Waals surface area contributed by atoms with Crippen LogP contribution in [0.25, 0.3) is 11.0 Å². The smallest absolute Gasteiger partial charge is 0.112 e. The standard InChI is InChI=1S/C15H21ClN2/c1-5-11(4)15-17-13-8-12(16)6-7-14(13)18(15)9-10(2)3/h6-8,10-11H,5,9H2,1-4H3. The molecular formula is C15H21ClN2. The Morgan fingerprint density at radius 2 is 2.00 bits per heavy atom. The lowest BCUT2D eigenvalue weighted by molar-refractivity contribution is 0.499. The van der Waals surface area contributed by atoms with Crippen molar-refractivity contribution in [1.82, 2.24) is 9.55 Å². The topological polar surface area (TPSA) is 17.8 Å². The van der Waals surface area contributed by atoms with Crippen LogP contribution < -0.4 is 0 Å². The fourth-order valence-corrected chi connectivity index (χ4v) is 2.40. The average Bonchev–Trinajstić information content (AvgIpc) is 2.65. The zero-order chi connectivity index (χ0) is 13.3. The van der Waals surface area contributed by atoms with Gasteiger partial charge in [-0.15, -0.1) is 0 Å². The first-order valence-corrected chi connectivity index (χ1v) is 7.06. The molecule has 1 aromatic heterocycles. The van der Waals surface area contributed by atoms with Gasteiger partial charge in [0.2, 0.25) is 0 Å². The second-order valence-corrected chi connectivity index (χ2v) is 5.85. The molecule has 2 aromatic rings. The summed E-state index contributed by atoms with van der Waals surface area (Å²) in [6, 6.07) is 5.99. The minimum atomic E-state index is 0.481. The highest BCUT2D eigenvalue weighted by Gasteiger charge is 2.16. The largest absolute Gasteiger partial charge is 0.328 e. The van der Waals surface area contributed by atoms with Gasteiger partial charge in [0.25, 0.3) is 0 Å². The monoisotopic (exact) mass is 264 g/mol. The predicted molar refractivity (Wildman–Crippen MR) is 78.3 cm³/mol. The maximum Gasteiger partial charge on any atom is 0.112 e. The number of hydrogen-bond donors (Lipinski definition) is 0. The van der Waals surface area contributed by atoms with Crippen LogP contribution in [0.2, 0.25) is 5.02 Å². The summed E-state index contributed by atoms with van der Waals surface area (Å²) in [4.78, 5) is 4.78. The van der Waals surface area contributed by atoms with Gasteiger partial charge in [0.1, 0.15) is 5.82 Å². The van der Waals surface area contributed by atoms with Gasteiger partial charge in [-0.1, -0.05) is 39.3 Å². The van der Waals surface area contributed by atoms with E-state index in [0.29, 0.717) is 11.8 Å².